The first-order chi connectivity index (χ1) is 9.23. The molecule has 20 heavy (non-hydrogen) atoms. The second kappa shape index (κ2) is 4.37. The van der Waals surface area contributed by atoms with Gasteiger partial charge in [0.05, 0.1) is 11.3 Å². The van der Waals surface area contributed by atoms with Crippen molar-refractivity contribution in [3.8, 4) is 0 Å². The lowest BCUT2D eigenvalue weighted by Gasteiger charge is -2.29. The highest BCUT2D eigenvalue weighted by molar-refractivity contribution is 5.48. The molecule has 9 heteroatoms. The van der Waals surface area contributed by atoms with Gasteiger partial charge in [-0.1, -0.05) is 11.7 Å². The first kappa shape index (κ1) is 14.1. The molecule has 6 nitrogen and oxygen atoms in total. The van der Waals surface area contributed by atoms with Crippen LogP contribution >= 0.6 is 0 Å². The van der Waals surface area contributed by atoms with Gasteiger partial charge in [-0.2, -0.15) is 13.2 Å². The molecule has 0 unspecified atom stereocenters. The molecule has 0 aliphatic rings. The number of aromatic nitrogens is 3. The Kier molecular flexibility index (Phi) is 3.09. The molecule has 0 bridgehead atoms. The number of aliphatic hydroxyl groups is 1. The molecule has 0 aromatic carbocycles. The monoisotopic (exact) mass is 288 g/mol. The number of hydrogen-bond acceptors (Lipinski definition) is 5. The van der Waals surface area contributed by atoms with E-state index in [1.54, 1.807) is 0 Å². The number of imidazole rings is 1. The summed E-state index contributed by atoms with van der Waals surface area (Å²) >= 11 is 0. The molecule has 0 saturated heterocycles. The van der Waals surface area contributed by atoms with Crippen LogP contribution in [-0.2, 0) is 5.60 Å². The van der Waals surface area contributed by atoms with Gasteiger partial charge in [-0.05, 0) is 6.92 Å². The van der Waals surface area contributed by atoms with E-state index in [4.69, 9.17) is 5.73 Å². The summed E-state index contributed by atoms with van der Waals surface area (Å²) in [5, 5.41) is 13.6. The van der Waals surface area contributed by atoms with Gasteiger partial charge in [-0.3, -0.25) is 0 Å². The Labute approximate surface area is 111 Å². The normalized spacial score (nSPS) is 15.1. The van der Waals surface area contributed by atoms with Crippen molar-refractivity contribution in [3.63, 3.8) is 0 Å². The minimum atomic E-state index is -5.08. The van der Waals surface area contributed by atoms with E-state index >= 15 is 0 Å². The van der Waals surface area contributed by atoms with Crippen LogP contribution in [0.5, 0.6) is 0 Å². The molecule has 0 spiro atoms. The smallest absolute Gasteiger partial charge is 0.370 e. The molecule has 1 atom stereocenters. The maximum atomic E-state index is 13.4. The highest BCUT2D eigenvalue weighted by Gasteiger charge is 2.61. The first-order valence-electron chi connectivity index (χ1n) is 5.40. The average Bonchev–Trinajstić information content (AvgIpc) is 2.94. The quantitative estimate of drug-likeness (QED) is 0.896. The maximum Gasteiger partial charge on any atom is 0.429 e. The molecule has 2 aromatic heterocycles. The van der Waals surface area contributed by atoms with Gasteiger partial charge in [-0.25, -0.2) is 4.98 Å². The summed E-state index contributed by atoms with van der Waals surface area (Å²) in [5.74, 6) is -1.32. The maximum absolute atomic E-state index is 13.4. The lowest BCUT2D eigenvalue weighted by molar-refractivity contribution is -0.251. The first-order valence-corrected chi connectivity index (χ1v) is 5.40. The van der Waals surface area contributed by atoms with Gasteiger partial charge in [0.2, 0.25) is 5.88 Å². The van der Waals surface area contributed by atoms with Crippen molar-refractivity contribution in [1.82, 2.24) is 14.7 Å². The van der Waals surface area contributed by atoms with E-state index in [-0.39, 0.29) is 5.69 Å². The van der Waals surface area contributed by atoms with Crippen molar-refractivity contribution in [3.05, 3.63) is 36.1 Å². The SMILES string of the molecule is C=Cn1ccnc1[C@](O)(c1c(C)noc1N)C(F)(F)F. The molecule has 3 N–H and O–H groups in total. The highest BCUT2D eigenvalue weighted by atomic mass is 19.4. The Morgan fingerprint density at radius 3 is 2.60 bits per heavy atom. The van der Waals surface area contributed by atoms with Crippen LogP contribution < -0.4 is 5.73 Å². The van der Waals surface area contributed by atoms with Gasteiger partial charge in [0.15, 0.2) is 5.82 Å². The fourth-order valence-corrected chi connectivity index (χ4v) is 1.95. The molecule has 0 amide bonds. The van der Waals surface area contributed by atoms with Gasteiger partial charge in [0.25, 0.3) is 5.60 Å². The van der Waals surface area contributed by atoms with Crippen LogP contribution in [0.3, 0.4) is 0 Å². The van der Waals surface area contributed by atoms with Crippen molar-refractivity contribution in [2.45, 2.75) is 18.7 Å². The topological polar surface area (TPSA) is 90.1 Å². The number of anilines is 1. The van der Waals surface area contributed by atoms with Gasteiger partial charge >= 0.3 is 6.18 Å². The molecule has 0 saturated carbocycles. The van der Waals surface area contributed by atoms with Crippen molar-refractivity contribution >= 4 is 12.1 Å². The summed E-state index contributed by atoms with van der Waals surface area (Å²) in [6.07, 6.45) is -1.67. The van der Waals surface area contributed by atoms with Crippen LogP contribution in [0.25, 0.3) is 6.20 Å². The number of alkyl halides is 3. The second-order valence-electron chi connectivity index (χ2n) is 4.06. The van der Waals surface area contributed by atoms with E-state index in [1.165, 1.54) is 13.1 Å². The Hall–Kier alpha value is -2.29. The van der Waals surface area contributed by atoms with Crippen molar-refractivity contribution in [1.29, 1.82) is 0 Å². The lowest BCUT2D eigenvalue weighted by Crippen LogP contribution is -2.45. The second-order valence-corrected chi connectivity index (χ2v) is 4.06. The molecular weight excluding hydrogens is 277 g/mol. The minimum absolute atomic E-state index is 0.180. The van der Waals surface area contributed by atoms with Crippen LogP contribution in [0.4, 0.5) is 19.1 Å². The number of hydrogen-bond donors (Lipinski definition) is 2. The molecular formula is C11H11F3N4O2. The van der Waals surface area contributed by atoms with Crippen molar-refractivity contribution in [2.75, 3.05) is 5.73 Å². The summed E-state index contributed by atoms with van der Waals surface area (Å²) < 4.78 is 45.8. The molecule has 0 aliphatic carbocycles. The third-order valence-electron chi connectivity index (χ3n) is 2.85. The zero-order valence-electron chi connectivity index (χ0n) is 10.3. The number of nitrogen functional groups attached to an aromatic ring is 1. The van der Waals surface area contributed by atoms with Crippen LogP contribution in [0.1, 0.15) is 17.1 Å². The standard InChI is InChI=1S/C11H11F3N4O2/c1-3-18-5-4-16-9(18)10(19,11(12,13)14)7-6(2)17-20-8(7)15/h3-5,19H,1,15H2,2H3/t10-/m1/s1. The number of nitrogens with two attached hydrogens (primary N) is 1. The fraction of sp³-hybridized carbons (Fsp3) is 0.273. The molecule has 2 heterocycles. The summed E-state index contributed by atoms with van der Waals surface area (Å²) in [6, 6.07) is 0. The van der Waals surface area contributed by atoms with Crippen molar-refractivity contribution < 1.29 is 22.8 Å². The molecule has 0 aliphatic heterocycles. The van der Waals surface area contributed by atoms with Crippen LogP contribution in [0.15, 0.2) is 23.5 Å². The highest BCUT2D eigenvalue weighted by Crippen LogP contribution is 2.46. The molecule has 2 rings (SSSR count). The van der Waals surface area contributed by atoms with E-state index in [0.717, 1.165) is 17.0 Å². The van der Waals surface area contributed by atoms with E-state index in [0.29, 0.717) is 0 Å². The van der Waals surface area contributed by atoms with Crippen LogP contribution in [-0.4, -0.2) is 26.0 Å². The Balaban J connectivity index is 2.80. The molecule has 0 fully saturated rings. The Morgan fingerprint density at radius 2 is 2.15 bits per heavy atom. The van der Waals surface area contributed by atoms with Crippen molar-refractivity contribution in [2.24, 2.45) is 0 Å². The van der Waals surface area contributed by atoms with Gasteiger partial charge < -0.3 is 19.9 Å². The summed E-state index contributed by atoms with van der Waals surface area (Å²) in [6.45, 7) is 4.60. The zero-order valence-corrected chi connectivity index (χ0v) is 10.3. The largest absolute Gasteiger partial charge is 0.429 e. The summed E-state index contributed by atoms with van der Waals surface area (Å²) in [7, 11) is 0. The van der Waals surface area contributed by atoms with E-state index in [2.05, 4.69) is 21.2 Å². The predicted octanol–water partition coefficient (Wildman–Crippen LogP) is 1.66. The predicted molar refractivity (Wildman–Crippen MR) is 63.3 cm³/mol. The summed E-state index contributed by atoms with van der Waals surface area (Å²) in [5.41, 5.74) is 1.06. The third-order valence-corrected chi connectivity index (χ3v) is 2.85. The molecule has 0 radical (unpaired) electrons. The van der Waals surface area contributed by atoms with E-state index < -0.39 is 29.0 Å². The van der Waals surface area contributed by atoms with Gasteiger partial charge in [0.1, 0.15) is 0 Å². The van der Waals surface area contributed by atoms with Gasteiger partial charge in [-0.15, -0.1) is 0 Å². The van der Waals surface area contributed by atoms with E-state index in [1.807, 2.05) is 0 Å². The third kappa shape index (κ3) is 1.78. The van der Waals surface area contributed by atoms with Crippen LogP contribution in [0.2, 0.25) is 0 Å². The van der Waals surface area contributed by atoms with Gasteiger partial charge in [0, 0.05) is 18.6 Å². The number of aryl methyl sites for hydroxylation is 1. The lowest BCUT2D eigenvalue weighted by atomic mass is 9.91. The zero-order chi connectivity index (χ0) is 15.1. The average molecular weight is 288 g/mol. The number of nitrogens with zero attached hydrogens (tertiary/aromatic N) is 3. The minimum Gasteiger partial charge on any atom is -0.370 e. The number of halogens is 3. The fourth-order valence-electron chi connectivity index (χ4n) is 1.95. The van der Waals surface area contributed by atoms with E-state index in [9.17, 15) is 18.3 Å². The van der Waals surface area contributed by atoms with Crippen LogP contribution in [0, 0.1) is 6.92 Å². The Bertz CT molecular complexity index is 627. The Morgan fingerprint density at radius 1 is 1.50 bits per heavy atom. The number of rotatable bonds is 3. The summed E-state index contributed by atoms with van der Waals surface area (Å²) in [4.78, 5) is 3.56. The molecule has 2 aromatic rings. The molecule has 108 valence electrons.